The molecule has 4 rings (SSSR count). The van der Waals surface area contributed by atoms with Crippen molar-refractivity contribution in [1.29, 1.82) is 0 Å². The third-order valence-electron chi connectivity index (χ3n) is 4.82. The first-order valence-corrected chi connectivity index (χ1v) is 9.81. The molecule has 2 heterocycles. The molecule has 0 bridgehead atoms. The molecule has 2 aromatic heterocycles. The molecule has 1 aliphatic carbocycles. The summed E-state index contributed by atoms with van der Waals surface area (Å²) in [6.07, 6.45) is 5.78. The molecule has 1 aromatic carbocycles. The van der Waals surface area contributed by atoms with E-state index in [0.717, 1.165) is 23.9 Å². The van der Waals surface area contributed by atoms with Crippen molar-refractivity contribution in [3.05, 3.63) is 42.3 Å². The summed E-state index contributed by atoms with van der Waals surface area (Å²) in [4.78, 5) is 8.74. The van der Waals surface area contributed by atoms with E-state index in [1.54, 1.807) is 6.33 Å². The van der Waals surface area contributed by atoms with E-state index in [9.17, 15) is 8.42 Å². The van der Waals surface area contributed by atoms with Gasteiger partial charge in [0.05, 0.1) is 23.9 Å². The summed E-state index contributed by atoms with van der Waals surface area (Å²) in [6.45, 7) is 0.393. The van der Waals surface area contributed by atoms with Crippen LogP contribution in [0.2, 0.25) is 0 Å². The molecule has 0 amide bonds. The van der Waals surface area contributed by atoms with E-state index in [2.05, 4.69) is 15.1 Å². The Morgan fingerprint density at radius 3 is 2.75 bits per heavy atom. The SMILES string of the molecule is CS(=O)(=O)C1(c2nc(Cn3cnc4ccccc43)no2)CCCC1. The lowest BCUT2D eigenvalue weighted by Gasteiger charge is -2.21. The minimum absolute atomic E-state index is 0.224. The highest BCUT2D eigenvalue weighted by Gasteiger charge is 2.49. The molecule has 0 spiro atoms. The minimum Gasteiger partial charge on any atom is -0.338 e. The van der Waals surface area contributed by atoms with Gasteiger partial charge in [0.2, 0.25) is 5.89 Å². The summed E-state index contributed by atoms with van der Waals surface area (Å²) in [5.41, 5.74) is 1.87. The number of hydrogen-bond donors (Lipinski definition) is 0. The second-order valence-corrected chi connectivity index (χ2v) is 8.68. The lowest BCUT2D eigenvalue weighted by molar-refractivity contribution is 0.328. The van der Waals surface area contributed by atoms with Crippen LogP contribution in [0.4, 0.5) is 0 Å². The maximum absolute atomic E-state index is 12.3. The number of sulfone groups is 1. The zero-order valence-corrected chi connectivity index (χ0v) is 14.2. The Bertz CT molecular complexity index is 984. The zero-order chi connectivity index (χ0) is 16.8. The summed E-state index contributed by atoms with van der Waals surface area (Å²) in [5.74, 6) is 0.685. The largest absolute Gasteiger partial charge is 0.338 e. The molecule has 7 nitrogen and oxygen atoms in total. The third-order valence-corrected chi connectivity index (χ3v) is 6.82. The summed E-state index contributed by atoms with van der Waals surface area (Å²) in [5, 5.41) is 4.00. The first-order valence-electron chi connectivity index (χ1n) is 7.92. The van der Waals surface area contributed by atoms with E-state index in [-0.39, 0.29) is 5.89 Å². The average Bonchev–Trinajstić information content (AvgIpc) is 3.26. The lowest BCUT2D eigenvalue weighted by Crippen LogP contribution is -2.32. The number of hydrogen-bond acceptors (Lipinski definition) is 6. The number of imidazole rings is 1. The van der Waals surface area contributed by atoms with Gasteiger partial charge in [0.25, 0.3) is 0 Å². The van der Waals surface area contributed by atoms with Crippen molar-refractivity contribution in [2.24, 2.45) is 0 Å². The molecule has 0 atom stereocenters. The third kappa shape index (κ3) is 2.32. The Hall–Kier alpha value is -2.22. The molecule has 24 heavy (non-hydrogen) atoms. The zero-order valence-electron chi connectivity index (χ0n) is 13.3. The fourth-order valence-electron chi connectivity index (χ4n) is 3.48. The predicted octanol–water partition coefficient (Wildman–Crippen LogP) is 2.28. The van der Waals surface area contributed by atoms with Crippen LogP contribution in [0, 0.1) is 0 Å². The normalized spacial score (nSPS) is 17.5. The molecule has 0 aliphatic heterocycles. The Balaban J connectivity index is 1.68. The van der Waals surface area contributed by atoms with Crippen molar-refractivity contribution in [2.45, 2.75) is 37.0 Å². The lowest BCUT2D eigenvalue weighted by atomic mass is 10.1. The fraction of sp³-hybridized carbons (Fsp3) is 0.438. The number of aromatic nitrogens is 4. The number of benzene rings is 1. The van der Waals surface area contributed by atoms with Crippen LogP contribution in [-0.2, 0) is 21.1 Å². The van der Waals surface area contributed by atoms with Crippen LogP contribution in [0.25, 0.3) is 11.0 Å². The summed E-state index contributed by atoms with van der Waals surface area (Å²) >= 11 is 0. The first kappa shape index (κ1) is 15.3. The molecule has 126 valence electrons. The van der Waals surface area contributed by atoms with Gasteiger partial charge in [-0.15, -0.1) is 0 Å². The summed E-state index contributed by atoms with van der Waals surface area (Å²) < 4.78 is 30.9. The highest BCUT2D eigenvalue weighted by atomic mass is 32.2. The molecule has 1 fully saturated rings. The van der Waals surface area contributed by atoms with Crippen molar-refractivity contribution in [3.63, 3.8) is 0 Å². The quantitative estimate of drug-likeness (QED) is 0.720. The van der Waals surface area contributed by atoms with Gasteiger partial charge >= 0.3 is 0 Å². The van der Waals surface area contributed by atoms with Crippen molar-refractivity contribution in [1.82, 2.24) is 19.7 Å². The van der Waals surface area contributed by atoms with Crippen molar-refractivity contribution in [3.8, 4) is 0 Å². The number of nitrogens with zero attached hydrogens (tertiary/aromatic N) is 4. The molecule has 1 aliphatic rings. The van der Waals surface area contributed by atoms with Crippen molar-refractivity contribution in [2.75, 3.05) is 6.26 Å². The van der Waals surface area contributed by atoms with Gasteiger partial charge in [-0.25, -0.2) is 13.4 Å². The van der Waals surface area contributed by atoms with Crippen molar-refractivity contribution >= 4 is 20.9 Å². The molecular formula is C16H18N4O3S. The van der Waals surface area contributed by atoms with Gasteiger partial charge < -0.3 is 9.09 Å². The Labute approximate surface area is 139 Å². The van der Waals surface area contributed by atoms with Crippen LogP contribution in [0.5, 0.6) is 0 Å². The maximum atomic E-state index is 12.3. The van der Waals surface area contributed by atoms with E-state index >= 15 is 0 Å². The van der Waals surface area contributed by atoms with E-state index < -0.39 is 14.6 Å². The predicted molar refractivity (Wildman–Crippen MR) is 88.1 cm³/mol. The van der Waals surface area contributed by atoms with Gasteiger partial charge in [0.15, 0.2) is 20.4 Å². The number of rotatable bonds is 4. The summed E-state index contributed by atoms with van der Waals surface area (Å²) in [6, 6.07) is 7.78. The smallest absolute Gasteiger partial charge is 0.248 e. The molecule has 8 heteroatoms. The fourth-order valence-corrected chi connectivity index (χ4v) is 4.91. The van der Waals surface area contributed by atoms with Crippen LogP contribution >= 0.6 is 0 Å². The molecule has 1 saturated carbocycles. The van der Waals surface area contributed by atoms with Crippen LogP contribution in [0.1, 0.15) is 37.4 Å². The number of para-hydroxylation sites is 2. The van der Waals surface area contributed by atoms with E-state index in [1.807, 2.05) is 28.8 Å². The van der Waals surface area contributed by atoms with Gasteiger partial charge in [0, 0.05) is 6.26 Å². The Kier molecular flexibility index (Phi) is 3.45. The standard InChI is InChI=1S/C16H18N4O3S/c1-24(21,22)16(8-4-5-9-16)15-18-14(19-23-15)10-20-11-17-12-6-2-3-7-13(12)20/h2-3,6-7,11H,4-5,8-10H2,1H3. The van der Waals surface area contributed by atoms with E-state index in [4.69, 9.17) is 4.52 Å². The topological polar surface area (TPSA) is 90.9 Å². The van der Waals surface area contributed by atoms with Gasteiger partial charge in [-0.3, -0.25) is 0 Å². The number of fused-ring (bicyclic) bond motifs is 1. The highest BCUT2D eigenvalue weighted by molar-refractivity contribution is 7.91. The van der Waals surface area contributed by atoms with Crippen LogP contribution in [0.15, 0.2) is 35.1 Å². The molecule has 0 unspecified atom stereocenters. The van der Waals surface area contributed by atoms with Crippen LogP contribution < -0.4 is 0 Å². The van der Waals surface area contributed by atoms with Gasteiger partial charge in [-0.05, 0) is 25.0 Å². The Morgan fingerprint density at radius 2 is 2.00 bits per heavy atom. The summed E-state index contributed by atoms with van der Waals surface area (Å²) in [7, 11) is -3.32. The van der Waals surface area contributed by atoms with E-state index in [1.165, 1.54) is 6.26 Å². The van der Waals surface area contributed by atoms with Crippen LogP contribution in [-0.4, -0.2) is 34.4 Å². The average molecular weight is 346 g/mol. The molecule has 3 aromatic rings. The Morgan fingerprint density at radius 1 is 1.25 bits per heavy atom. The second-order valence-electron chi connectivity index (χ2n) is 6.35. The van der Waals surface area contributed by atoms with E-state index in [0.29, 0.717) is 25.2 Å². The monoisotopic (exact) mass is 346 g/mol. The molecular weight excluding hydrogens is 328 g/mol. The van der Waals surface area contributed by atoms with Gasteiger partial charge in [0.1, 0.15) is 0 Å². The van der Waals surface area contributed by atoms with Gasteiger partial charge in [-0.2, -0.15) is 4.98 Å². The molecule has 0 radical (unpaired) electrons. The highest BCUT2D eigenvalue weighted by Crippen LogP contribution is 2.44. The first-order chi connectivity index (χ1) is 11.5. The molecule has 0 N–H and O–H groups in total. The van der Waals surface area contributed by atoms with Crippen molar-refractivity contribution < 1.29 is 12.9 Å². The minimum atomic E-state index is -3.32. The van der Waals surface area contributed by atoms with Gasteiger partial charge in [-0.1, -0.05) is 30.1 Å². The van der Waals surface area contributed by atoms with Crippen LogP contribution in [0.3, 0.4) is 0 Å². The second kappa shape index (κ2) is 5.41. The maximum Gasteiger partial charge on any atom is 0.248 e. The molecule has 0 saturated heterocycles.